The van der Waals surface area contributed by atoms with E-state index in [2.05, 4.69) is 63.9 Å². The number of imidazole rings is 1. The molecule has 7 heteroatoms. The third-order valence-electron chi connectivity index (χ3n) is 5.81. The number of aromatic nitrogens is 5. The lowest BCUT2D eigenvalue weighted by Crippen LogP contribution is -2.08. The highest BCUT2D eigenvalue weighted by Crippen LogP contribution is 2.31. The van der Waals surface area contributed by atoms with Crippen LogP contribution < -0.4 is 10.6 Å². The summed E-state index contributed by atoms with van der Waals surface area (Å²) in [6, 6.07) is 19.1. The van der Waals surface area contributed by atoms with Crippen LogP contribution in [0.5, 0.6) is 0 Å². The van der Waals surface area contributed by atoms with Crippen molar-refractivity contribution in [2.45, 2.75) is 32.4 Å². The number of hydrogen-bond acceptors (Lipinski definition) is 6. The van der Waals surface area contributed by atoms with Gasteiger partial charge in [0.25, 0.3) is 0 Å². The molecule has 6 rings (SSSR count). The molecule has 7 nitrogen and oxygen atoms in total. The highest BCUT2D eigenvalue weighted by atomic mass is 15.2. The van der Waals surface area contributed by atoms with Crippen LogP contribution in [0.3, 0.4) is 0 Å². The van der Waals surface area contributed by atoms with Crippen LogP contribution in [0.2, 0.25) is 0 Å². The summed E-state index contributed by atoms with van der Waals surface area (Å²) >= 11 is 0. The second-order valence-electron chi connectivity index (χ2n) is 8.10. The number of benzene rings is 2. The molecule has 0 unspecified atom stereocenters. The number of pyridine rings is 1. The normalized spacial score (nSPS) is 13.5. The Kier molecular flexibility index (Phi) is 4.45. The van der Waals surface area contributed by atoms with E-state index in [1.54, 1.807) is 0 Å². The summed E-state index contributed by atoms with van der Waals surface area (Å²) < 4.78 is 2.04. The minimum absolute atomic E-state index is 0.480. The van der Waals surface area contributed by atoms with Crippen LogP contribution in [0, 0.1) is 0 Å². The molecule has 0 spiro atoms. The van der Waals surface area contributed by atoms with E-state index in [4.69, 9.17) is 9.97 Å². The lowest BCUT2D eigenvalue weighted by molar-refractivity contribution is 0.778. The summed E-state index contributed by atoms with van der Waals surface area (Å²) in [6.45, 7) is 2.89. The van der Waals surface area contributed by atoms with Gasteiger partial charge in [-0.25, -0.2) is 4.98 Å². The third-order valence-corrected chi connectivity index (χ3v) is 5.81. The van der Waals surface area contributed by atoms with Crippen LogP contribution in [0.15, 0.2) is 67.1 Å². The van der Waals surface area contributed by atoms with Gasteiger partial charge in [-0.3, -0.25) is 4.98 Å². The Morgan fingerprint density at radius 1 is 1.00 bits per heavy atom. The van der Waals surface area contributed by atoms with Crippen molar-refractivity contribution in [3.05, 3.63) is 67.1 Å². The highest BCUT2D eigenvalue weighted by molar-refractivity contribution is 5.96. The predicted octanol–water partition coefficient (Wildman–Crippen LogP) is 5.38. The maximum atomic E-state index is 4.77. The zero-order valence-electron chi connectivity index (χ0n) is 17.8. The Bertz CT molecular complexity index is 1420. The van der Waals surface area contributed by atoms with Crippen LogP contribution >= 0.6 is 0 Å². The summed E-state index contributed by atoms with van der Waals surface area (Å²) in [5.74, 6) is 1.35. The summed E-state index contributed by atoms with van der Waals surface area (Å²) in [5, 5.41) is 8.00. The van der Waals surface area contributed by atoms with Gasteiger partial charge in [-0.1, -0.05) is 30.3 Å². The minimum Gasteiger partial charge on any atom is -0.365 e. The molecule has 2 N–H and O–H groups in total. The molecule has 0 atom stereocenters. The molecule has 158 valence electrons. The Morgan fingerprint density at radius 3 is 2.69 bits per heavy atom. The zero-order chi connectivity index (χ0) is 21.5. The van der Waals surface area contributed by atoms with Gasteiger partial charge in [-0.2, -0.15) is 9.97 Å². The molecule has 1 saturated carbocycles. The standard InChI is InChI=1S/C25H23N7/c1-2-32-15-27-22-23(28-17-8-9-17)30-25(31-24(22)32)29-18-10-11-21-20(14-18)19(12-13-26-21)16-6-4-3-5-7-16/h3-7,10-15,17H,2,8-9H2,1H3,(H2,28,29,30,31). The van der Waals surface area contributed by atoms with Crippen LogP contribution in [0.25, 0.3) is 33.2 Å². The molecule has 0 saturated heterocycles. The highest BCUT2D eigenvalue weighted by Gasteiger charge is 2.24. The summed E-state index contributed by atoms with van der Waals surface area (Å²) in [4.78, 5) is 18.6. The molecular weight excluding hydrogens is 398 g/mol. The number of anilines is 3. The van der Waals surface area contributed by atoms with Gasteiger partial charge >= 0.3 is 0 Å². The molecule has 0 bridgehead atoms. The van der Waals surface area contributed by atoms with Crippen LogP contribution in [-0.2, 0) is 6.54 Å². The van der Waals surface area contributed by atoms with Gasteiger partial charge in [0.05, 0.1) is 11.8 Å². The second kappa shape index (κ2) is 7.60. The Morgan fingerprint density at radius 2 is 1.88 bits per heavy atom. The van der Waals surface area contributed by atoms with Crippen molar-refractivity contribution in [3.63, 3.8) is 0 Å². The molecule has 3 heterocycles. The number of rotatable bonds is 6. The monoisotopic (exact) mass is 421 g/mol. The first-order chi connectivity index (χ1) is 15.8. The average molecular weight is 422 g/mol. The van der Waals surface area contributed by atoms with Crippen LogP contribution in [0.4, 0.5) is 17.5 Å². The van der Waals surface area contributed by atoms with Crippen LogP contribution in [-0.4, -0.2) is 30.5 Å². The Labute approximate surface area is 185 Å². The topological polar surface area (TPSA) is 80.5 Å². The molecule has 1 fully saturated rings. The molecule has 0 radical (unpaired) electrons. The lowest BCUT2D eigenvalue weighted by atomic mass is 10.0. The van der Waals surface area contributed by atoms with Gasteiger partial charge in [0.2, 0.25) is 5.95 Å². The summed E-state index contributed by atoms with van der Waals surface area (Å²) in [7, 11) is 0. The van der Waals surface area contributed by atoms with E-state index in [-0.39, 0.29) is 0 Å². The fourth-order valence-electron chi connectivity index (χ4n) is 3.98. The molecule has 1 aliphatic carbocycles. The summed E-state index contributed by atoms with van der Waals surface area (Å²) in [6.07, 6.45) is 6.02. The van der Waals surface area contributed by atoms with E-state index in [0.717, 1.165) is 51.2 Å². The van der Waals surface area contributed by atoms with E-state index in [1.807, 2.05) is 35.3 Å². The van der Waals surface area contributed by atoms with Crippen molar-refractivity contribution >= 4 is 39.5 Å². The van der Waals surface area contributed by atoms with Gasteiger partial charge < -0.3 is 15.2 Å². The largest absolute Gasteiger partial charge is 0.365 e. The van der Waals surface area contributed by atoms with Gasteiger partial charge in [-0.15, -0.1) is 0 Å². The zero-order valence-corrected chi connectivity index (χ0v) is 17.8. The fraction of sp³-hybridized carbons (Fsp3) is 0.200. The quantitative estimate of drug-likeness (QED) is 0.383. The Hall–Kier alpha value is -4.00. The van der Waals surface area contributed by atoms with Gasteiger partial charge in [0.1, 0.15) is 0 Å². The first-order valence-corrected chi connectivity index (χ1v) is 11.0. The lowest BCUT2D eigenvalue weighted by Gasteiger charge is -2.12. The molecule has 3 aromatic heterocycles. The molecule has 0 amide bonds. The average Bonchev–Trinajstić information content (AvgIpc) is 3.55. The van der Waals surface area contributed by atoms with Crippen molar-refractivity contribution in [2.24, 2.45) is 0 Å². The Balaban J connectivity index is 1.42. The van der Waals surface area contributed by atoms with Crippen molar-refractivity contribution in [3.8, 4) is 11.1 Å². The number of hydrogen-bond donors (Lipinski definition) is 2. The van der Waals surface area contributed by atoms with Crippen molar-refractivity contribution < 1.29 is 0 Å². The number of aryl methyl sites for hydroxylation is 1. The molecule has 1 aliphatic rings. The second-order valence-corrected chi connectivity index (χ2v) is 8.10. The smallest absolute Gasteiger partial charge is 0.231 e. The predicted molar refractivity (Wildman–Crippen MR) is 128 cm³/mol. The van der Waals surface area contributed by atoms with Crippen LogP contribution in [0.1, 0.15) is 19.8 Å². The van der Waals surface area contributed by atoms with Gasteiger partial charge in [0.15, 0.2) is 17.0 Å². The third kappa shape index (κ3) is 3.41. The van der Waals surface area contributed by atoms with E-state index in [9.17, 15) is 0 Å². The van der Waals surface area contributed by atoms with Gasteiger partial charge in [0, 0.05) is 29.9 Å². The van der Waals surface area contributed by atoms with Gasteiger partial charge in [-0.05, 0) is 55.2 Å². The van der Waals surface area contributed by atoms with E-state index in [1.165, 1.54) is 12.8 Å². The molecule has 32 heavy (non-hydrogen) atoms. The van der Waals surface area contributed by atoms with Crippen molar-refractivity contribution in [1.29, 1.82) is 0 Å². The number of fused-ring (bicyclic) bond motifs is 2. The first-order valence-electron chi connectivity index (χ1n) is 11.0. The van der Waals surface area contributed by atoms with E-state index < -0.39 is 0 Å². The molecule has 0 aliphatic heterocycles. The summed E-state index contributed by atoms with van der Waals surface area (Å²) in [5.41, 5.74) is 5.84. The molecular formula is C25H23N7. The SMILES string of the molecule is CCn1cnc2c(NC3CC3)nc(Nc3ccc4nccc(-c5ccccc5)c4c3)nc21. The maximum absolute atomic E-state index is 4.77. The molecule has 2 aromatic carbocycles. The first kappa shape index (κ1) is 18.7. The minimum atomic E-state index is 0.480. The van der Waals surface area contributed by atoms with E-state index in [0.29, 0.717) is 12.0 Å². The molecule has 5 aromatic rings. The van der Waals surface area contributed by atoms with Crippen molar-refractivity contribution in [2.75, 3.05) is 10.6 Å². The number of nitrogens with one attached hydrogen (secondary N) is 2. The van der Waals surface area contributed by atoms with Crippen molar-refractivity contribution in [1.82, 2.24) is 24.5 Å². The number of nitrogens with zero attached hydrogens (tertiary/aromatic N) is 5. The van der Waals surface area contributed by atoms with E-state index >= 15 is 0 Å². The fourth-order valence-corrected chi connectivity index (χ4v) is 3.98. The maximum Gasteiger partial charge on any atom is 0.231 e.